The molecule has 6 nitrogen and oxygen atoms in total. The van der Waals surface area contributed by atoms with Crippen LogP contribution in [-0.4, -0.2) is 35.2 Å². The highest BCUT2D eigenvalue weighted by molar-refractivity contribution is 5.91. The van der Waals surface area contributed by atoms with Gasteiger partial charge in [0.15, 0.2) is 0 Å². The molecule has 0 aromatic carbocycles. The highest BCUT2D eigenvalue weighted by Crippen LogP contribution is 2.23. The number of aliphatic carboxylic acids is 2. The predicted molar refractivity (Wildman–Crippen MR) is 85.9 cm³/mol. The smallest absolute Gasteiger partial charge is 0.333 e. The van der Waals surface area contributed by atoms with Crippen LogP contribution in [0.1, 0.15) is 39.5 Å². The third-order valence-corrected chi connectivity index (χ3v) is 3.35. The fourth-order valence-corrected chi connectivity index (χ4v) is 1.98. The minimum atomic E-state index is -1.14. The van der Waals surface area contributed by atoms with Gasteiger partial charge in [0.25, 0.3) is 0 Å². The Kier molecular flexibility index (Phi) is 9.30. The number of carboxylic acids is 2. The van der Waals surface area contributed by atoms with E-state index in [4.69, 9.17) is 5.11 Å². The van der Waals surface area contributed by atoms with Crippen LogP contribution in [0.5, 0.6) is 0 Å². The lowest BCUT2D eigenvalue weighted by Gasteiger charge is -2.15. The molecule has 6 heteroatoms. The fraction of sp³-hybridized carbons (Fsp3) is 0.471. The van der Waals surface area contributed by atoms with Crippen molar-refractivity contribution in [3.63, 3.8) is 0 Å². The van der Waals surface area contributed by atoms with Crippen molar-refractivity contribution < 1.29 is 29.3 Å². The van der Waals surface area contributed by atoms with Crippen molar-refractivity contribution in [1.82, 2.24) is 0 Å². The van der Waals surface area contributed by atoms with Crippen LogP contribution in [0.25, 0.3) is 0 Å². The molecule has 0 spiro atoms. The Labute approximate surface area is 136 Å². The number of carbonyl (C=O) groups is 3. The molecule has 1 atom stereocenters. The number of methoxy groups -OCH3 is 1. The van der Waals surface area contributed by atoms with E-state index in [9.17, 15) is 19.5 Å². The van der Waals surface area contributed by atoms with Crippen molar-refractivity contribution in [1.29, 1.82) is 0 Å². The third-order valence-electron chi connectivity index (χ3n) is 3.35. The first-order valence-electron chi connectivity index (χ1n) is 7.35. The van der Waals surface area contributed by atoms with Crippen LogP contribution < -0.4 is 0 Å². The van der Waals surface area contributed by atoms with Gasteiger partial charge in [0.2, 0.25) is 0 Å². The van der Waals surface area contributed by atoms with Gasteiger partial charge in [-0.3, -0.25) is 0 Å². The van der Waals surface area contributed by atoms with Crippen LogP contribution >= 0.6 is 0 Å². The molecule has 2 N–H and O–H groups in total. The summed E-state index contributed by atoms with van der Waals surface area (Å²) in [4.78, 5) is 33.8. The minimum Gasteiger partial charge on any atom is -0.478 e. The standard InChI is InChI=1S/C17H24O6/c1-5-6-7-13(10-12(3)15(18)19)14(16(20)21)9-8-11(2)17(22)23-4/h9-10,13H,2,5-8H2,1,3-4H3,(H,18,19)(H,20,21). The molecule has 0 aromatic heterocycles. The molecule has 0 radical (unpaired) electrons. The van der Waals surface area contributed by atoms with E-state index in [2.05, 4.69) is 11.3 Å². The number of ether oxygens (including phenoxy) is 1. The van der Waals surface area contributed by atoms with Crippen molar-refractivity contribution >= 4 is 17.9 Å². The average molecular weight is 324 g/mol. The van der Waals surface area contributed by atoms with Crippen LogP contribution in [-0.2, 0) is 19.1 Å². The molecule has 0 aliphatic heterocycles. The van der Waals surface area contributed by atoms with Crippen LogP contribution in [0.15, 0.2) is 35.5 Å². The largest absolute Gasteiger partial charge is 0.478 e. The highest BCUT2D eigenvalue weighted by atomic mass is 16.5. The highest BCUT2D eigenvalue weighted by Gasteiger charge is 2.20. The first-order chi connectivity index (χ1) is 10.7. The summed E-state index contributed by atoms with van der Waals surface area (Å²) < 4.78 is 4.52. The van der Waals surface area contributed by atoms with Gasteiger partial charge < -0.3 is 14.9 Å². The quantitative estimate of drug-likeness (QED) is 0.473. The second-order valence-corrected chi connectivity index (χ2v) is 5.17. The van der Waals surface area contributed by atoms with Gasteiger partial charge in [0.1, 0.15) is 0 Å². The Morgan fingerprint density at radius 3 is 2.26 bits per heavy atom. The van der Waals surface area contributed by atoms with E-state index < -0.39 is 23.8 Å². The van der Waals surface area contributed by atoms with Crippen molar-refractivity contribution in [2.75, 3.05) is 7.11 Å². The van der Waals surface area contributed by atoms with Gasteiger partial charge in [-0.05, 0) is 19.8 Å². The number of esters is 1. The number of allylic oxidation sites excluding steroid dienone is 2. The number of unbranched alkanes of at least 4 members (excludes halogenated alkanes) is 1. The number of carboxylic acid groups (broad SMARTS) is 2. The molecule has 128 valence electrons. The van der Waals surface area contributed by atoms with Crippen LogP contribution in [0.4, 0.5) is 0 Å². The van der Waals surface area contributed by atoms with Gasteiger partial charge in [0, 0.05) is 22.6 Å². The summed E-state index contributed by atoms with van der Waals surface area (Å²) in [6, 6.07) is 0. The first-order valence-corrected chi connectivity index (χ1v) is 7.35. The number of carbonyl (C=O) groups excluding carboxylic acids is 1. The van der Waals surface area contributed by atoms with Crippen molar-refractivity contribution in [3.8, 4) is 0 Å². The predicted octanol–water partition coefficient (Wildman–Crippen LogP) is 2.95. The van der Waals surface area contributed by atoms with Gasteiger partial charge in [-0.1, -0.05) is 38.5 Å². The summed E-state index contributed by atoms with van der Waals surface area (Å²) in [5.74, 6) is -3.37. The minimum absolute atomic E-state index is 0.0386. The third kappa shape index (κ3) is 7.44. The van der Waals surface area contributed by atoms with Crippen LogP contribution in [0.2, 0.25) is 0 Å². The van der Waals surface area contributed by atoms with Crippen molar-refractivity contribution in [3.05, 3.63) is 35.5 Å². The van der Waals surface area contributed by atoms with Crippen LogP contribution in [0, 0.1) is 5.92 Å². The van der Waals surface area contributed by atoms with E-state index in [1.165, 1.54) is 26.2 Å². The maximum atomic E-state index is 11.5. The van der Waals surface area contributed by atoms with E-state index >= 15 is 0 Å². The average Bonchev–Trinajstić information content (AvgIpc) is 2.50. The van der Waals surface area contributed by atoms with E-state index in [0.717, 1.165) is 12.8 Å². The molecule has 0 rings (SSSR count). The maximum absolute atomic E-state index is 11.5. The fourth-order valence-electron chi connectivity index (χ4n) is 1.98. The lowest BCUT2D eigenvalue weighted by Crippen LogP contribution is -2.13. The molecule has 0 saturated heterocycles. The SMILES string of the molecule is C=C(CC=C(C(=O)O)C(C=C(C)C(=O)O)CCCC)C(=O)OC. The Bertz CT molecular complexity index is 527. The van der Waals surface area contributed by atoms with E-state index in [0.29, 0.717) is 6.42 Å². The second kappa shape index (κ2) is 10.4. The molecule has 0 amide bonds. The summed E-state index contributed by atoms with van der Waals surface area (Å²) in [5.41, 5.74) is 0.286. The van der Waals surface area contributed by atoms with Crippen molar-refractivity contribution in [2.24, 2.45) is 5.92 Å². The Balaban J connectivity index is 5.48. The topological polar surface area (TPSA) is 101 Å². The van der Waals surface area contributed by atoms with Gasteiger partial charge in [-0.15, -0.1) is 0 Å². The zero-order valence-corrected chi connectivity index (χ0v) is 13.8. The summed E-state index contributed by atoms with van der Waals surface area (Å²) in [6.07, 6.45) is 5.02. The molecule has 0 heterocycles. The molecule has 0 aromatic rings. The van der Waals surface area contributed by atoms with Crippen LogP contribution in [0.3, 0.4) is 0 Å². The van der Waals surface area contributed by atoms with E-state index in [1.807, 2.05) is 6.92 Å². The Morgan fingerprint density at radius 1 is 1.22 bits per heavy atom. The lowest BCUT2D eigenvalue weighted by atomic mass is 9.90. The van der Waals surface area contributed by atoms with Gasteiger partial charge in [0.05, 0.1) is 7.11 Å². The molecule has 0 aliphatic carbocycles. The number of hydrogen-bond donors (Lipinski definition) is 2. The monoisotopic (exact) mass is 324 g/mol. The van der Waals surface area contributed by atoms with Gasteiger partial charge in [-0.2, -0.15) is 0 Å². The van der Waals surface area contributed by atoms with E-state index in [1.54, 1.807) is 0 Å². The maximum Gasteiger partial charge on any atom is 0.333 e. The van der Waals surface area contributed by atoms with Gasteiger partial charge in [-0.25, -0.2) is 14.4 Å². The first kappa shape index (κ1) is 20.6. The Morgan fingerprint density at radius 2 is 1.83 bits per heavy atom. The summed E-state index contributed by atoms with van der Waals surface area (Å²) >= 11 is 0. The second-order valence-electron chi connectivity index (χ2n) is 5.17. The normalized spacial score (nSPS) is 13.3. The summed E-state index contributed by atoms with van der Waals surface area (Å²) in [7, 11) is 1.22. The van der Waals surface area contributed by atoms with Gasteiger partial charge >= 0.3 is 17.9 Å². The zero-order chi connectivity index (χ0) is 18.0. The zero-order valence-electron chi connectivity index (χ0n) is 13.8. The number of hydrogen-bond acceptors (Lipinski definition) is 4. The molecule has 0 bridgehead atoms. The molecule has 23 heavy (non-hydrogen) atoms. The number of rotatable bonds is 10. The molecular weight excluding hydrogens is 300 g/mol. The van der Waals surface area contributed by atoms with Crippen molar-refractivity contribution in [2.45, 2.75) is 39.5 Å². The summed E-state index contributed by atoms with van der Waals surface area (Å²) in [5, 5.41) is 18.4. The summed E-state index contributed by atoms with van der Waals surface area (Å²) in [6.45, 7) is 6.94. The van der Waals surface area contributed by atoms with E-state index in [-0.39, 0.29) is 23.1 Å². The molecule has 0 saturated carbocycles. The molecule has 1 unspecified atom stereocenters. The Hall–Kier alpha value is -2.37. The molecule has 0 fully saturated rings. The lowest BCUT2D eigenvalue weighted by molar-refractivity contribution is -0.136. The molecule has 0 aliphatic rings. The molecular formula is C17H24O6.